The number of hydrogen-bond acceptors (Lipinski definition) is 1. The van der Waals surface area contributed by atoms with Crippen LogP contribution in [0.5, 0.6) is 0 Å². The van der Waals surface area contributed by atoms with E-state index in [1.54, 1.807) is 0 Å². The molecule has 0 saturated carbocycles. The van der Waals surface area contributed by atoms with E-state index in [2.05, 4.69) is 194 Å². The zero-order valence-corrected chi connectivity index (χ0v) is 31.5. The lowest BCUT2D eigenvalue weighted by atomic mass is 9.74. The molecule has 1 heterocycles. The van der Waals surface area contributed by atoms with Gasteiger partial charge in [-0.3, -0.25) is 0 Å². The summed E-state index contributed by atoms with van der Waals surface area (Å²) in [5, 5.41) is 2.59. The van der Waals surface area contributed by atoms with E-state index in [9.17, 15) is 0 Å². The molecule has 2 nitrogen and oxygen atoms in total. The molecule has 0 saturated heterocycles. The van der Waals surface area contributed by atoms with E-state index < -0.39 is 0 Å². The molecule has 0 spiro atoms. The Morgan fingerprint density at radius 1 is 0.667 bits per heavy atom. The Balaban J connectivity index is 1.04. The first kappa shape index (κ1) is 32.8. The molecule has 0 N–H and O–H groups in total. The first-order valence-corrected chi connectivity index (χ1v) is 19.7. The molecule has 2 atom stereocenters. The molecule has 5 aromatic carbocycles. The quantitative estimate of drug-likeness (QED) is 0.168. The van der Waals surface area contributed by atoms with Crippen LogP contribution in [-0.2, 0) is 5.41 Å². The summed E-state index contributed by atoms with van der Waals surface area (Å²) in [5.74, 6) is 0.987. The van der Waals surface area contributed by atoms with Gasteiger partial charge >= 0.3 is 0 Å². The van der Waals surface area contributed by atoms with Crippen molar-refractivity contribution in [2.24, 2.45) is 11.8 Å². The number of nitrogens with zero attached hydrogens (tertiary/aromatic N) is 2. The topological polar surface area (TPSA) is 8.17 Å². The monoisotopic (exact) mass is 698 g/mol. The van der Waals surface area contributed by atoms with Crippen LogP contribution >= 0.6 is 0 Å². The van der Waals surface area contributed by atoms with E-state index in [-0.39, 0.29) is 5.41 Å². The van der Waals surface area contributed by atoms with E-state index in [0.29, 0.717) is 11.8 Å². The summed E-state index contributed by atoms with van der Waals surface area (Å²) in [6, 6.07) is 43.3. The molecule has 0 aliphatic heterocycles. The summed E-state index contributed by atoms with van der Waals surface area (Å²) in [6.07, 6.45) is 23.0. The first-order chi connectivity index (χ1) is 26.4. The van der Waals surface area contributed by atoms with Crippen LogP contribution < -0.4 is 4.90 Å². The predicted molar refractivity (Wildman–Crippen MR) is 231 cm³/mol. The van der Waals surface area contributed by atoms with Crippen LogP contribution in [0.25, 0.3) is 49.8 Å². The van der Waals surface area contributed by atoms with Crippen molar-refractivity contribution in [2.45, 2.75) is 51.9 Å². The Kier molecular flexibility index (Phi) is 7.84. The van der Waals surface area contributed by atoms with Crippen LogP contribution in [0.2, 0.25) is 0 Å². The Bertz CT molecular complexity index is 2630. The molecule has 54 heavy (non-hydrogen) atoms. The van der Waals surface area contributed by atoms with Gasteiger partial charge in [0.1, 0.15) is 0 Å². The summed E-state index contributed by atoms with van der Waals surface area (Å²) in [7, 11) is 0. The lowest BCUT2D eigenvalue weighted by molar-refractivity contribution is 0.406. The zero-order valence-electron chi connectivity index (χ0n) is 31.5. The number of fused-ring (bicyclic) bond motifs is 6. The average molecular weight is 699 g/mol. The van der Waals surface area contributed by atoms with Crippen LogP contribution in [0.3, 0.4) is 0 Å². The number of hydrogen-bond donors (Lipinski definition) is 0. The Morgan fingerprint density at radius 3 is 2.17 bits per heavy atom. The number of aromatic nitrogens is 1. The zero-order chi connectivity index (χ0) is 36.4. The van der Waals surface area contributed by atoms with Gasteiger partial charge in [-0.1, -0.05) is 130 Å². The third kappa shape index (κ3) is 5.38. The standard InChI is InChI=1S/C52H46N2/c1-35-12-11-13-38(32-35)36-20-25-41(26-21-36)53(43-29-30-45-44-16-7-9-18-48(44)52(2,3)49(45)34-43)42-27-22-37(23-28-42)39-24-31-51-47(33-39)46-17-8-10-19-50(46)54(51)40-14-5-4-6-15-40/h5,7-11,13-33,35,49H,4,6,12,34H2,1-3H3/t35-,49?/m0/s1. The van der Waals surface area contributed by atoms with Crippen molar-refractivity contribution in [3.63, 3.8) is 0 Å². The minimum absolute atomic E-state index is 0.0589. The normalized spacial score (nSPS) is 19.9. The summed E-state index contributed by atoms with van der Waals surface area (Å²) >= 11 is 0. The van der Waals surface area contributed by atoms with Gasteiger partial charge in [0.15, 0.2) is 0 Å². The van der Waals surface area contributed by atoms with Crippen molar-refractivity contribution in [1.29, 1.82) is 0 Å². The maximum Gasteiger partial charge on any atom is 0.0541 e. The van der Waals surface area contributed by atoms with E-state index in [0.717, 1.165) is 25.7 Å². The van der Waals surface area contributed by atoms with Gasteiger partial charge in [0.2, 0.25) is 0 Å². The number of allylic oxidation sites excluding steroid dienone is 12. The number of benzene rings is 5. The van der Waals surface area contributed by atoms with Gasteiger partial charge < -0.3 is 9.47 Å². The maximum absolute atomic E-state index is 2.50. The van der Waals surface area contributed by atoms with Gasteiger partial charge in [0.05, 0.1) is 11.0 Å². The molecule has 2 heteroatoms. The third-order valence-corrected chi connectivity index (χ3v) is 12.4. The van der Waals surface area contributed by atoms with Gasteiger partial charge in [-0.2, -0.15) is 0 Å². The van der Waals surface area contributed by atoms with Gasteiger partial charge in [-0.05, 0) is 137 Å². The fourth-order valence-electron chi connectivity index (χ4n) is 9.58. The highest BCUT2D eigenvalue weighted by Gasteiger charge is 2.44. The second-order valence-electron chi connectivity index (χ2n) is 16.2. The van der Waals surface area contributed by atoms with Crippen LogP contribution in [0.15, 0.2) is 170 Å². The Hall–Kier alpha value is -5.86. The molecule has 1 unspecified atom stereocenters. The average Bonchev–Trinajstić information content (AvgIpc) is 3.67. The van der Waals surface area contributed by atoms with Gasteiger partial charge in [0.25, 0.3) is 0 Å². The fraction of sp³-hybridized carbons (Fsp3) is 0.192. The molecular formula is C52H46N2. The van der Waals surface area contributed by atoms with Crippen molar-refractivity contribution in [3.05, 3.63) is 186 Å². The summed E-state index contributed by atoms with van der Waals surface area (Å²) < 4.78 is 2.43. The van der Waals surface area contributed by atoms with Crippen molar-refractivity contribution in [2.75, 3.05) is 4.90 Å². The fourth-order valence-corrected chi connectivity index (χ4v) is 9.58. The number of anilines is 2. The Morgan fingerprint density at radius 2 is 1.39 bits per heavy atom. The van der Waals surface area contributed by atoms with E-state index in [1.807, 2.05) is 0 Å². The molecule has 264 valence electrons. The van der Waals surface area contributed by atoms with Crippen LogP contribution in [0.1, 0.15) is 63.1 Å². The molecule has 10 rings (SSSR count). The molecule has 0 fully saturated rings. The molecule has 0 amide bonds. The van der Waals surface area contributed by atoms with E-state index >= 15 is 0 Å². The summed E-state index contributed by atoms with van der Waals surface area (Å²) in [6.45, 7) is 7.15. The van der Waals surface area contributed by atoms with Crippen LogP contribution in [0, 0.1) is 11.8 Å². The van der Waals surface area contributed by atoms with Crippen LogP contribution in [0.4, 0.5) is 11.4 Å². The largest absolute Gasteiger partial charge is 0.314 e. The second kappa shape index (κ2) is 12.9. The van der Waals surface area contributed by atoms with Crippen molar-refractivity contribution < 1.29 is 0 Å². The first-order valence-electron chi connectivity index (χ1n) is 19.7. The predicted octanol–water partition coefficient (Wildman–Crippen LogP) is 14.0. The molecule has 0 radical (unpaired) electrons. The third-order valence-electron chi connectivity index (χ3n) is 12.4. The summed E-state index contributed by atoms with van der Waals surface area (Å²) in [5.41, 5.74) is 17.0. The minimum Gasteiger partial charge on any atom is -0.314 e. The summed E-state index contributed by atoms with van der Waals surface area (Å²) in [4.78, 5) is 2.50. The lowest BCUT2D eigenvalue weighted by Gasteiger charge is -2.36. The van der Waals surface area contributed by atoms with Crippen molar-refractivity contribution in [3.8, 4) is 11.1 Å². The molecule has 4 aliphatic rings. The lowest BCUT2D eigenvalue weighted by Crippen LogP contribution is -2.28. The van der Waals surface area contributed by atoms with Crippen LogP contribution in [-0.4, -0.2) is 4.57 Å². The van der Waals surface area contributed by atoms with Gasteiger partial charge in [-0.15, -0.1) is 0 Å². The SMILES string of the molecule is C[C@@H]1C=C(c2ccc(N(C3=CC=C4c5ccccc5C(C)(C)C4C3)c3ccc(-c4ccc5c(c4)c4ccccc4n5C4=CCCC=C4)cc3)cc2)C=CC1. The minimum atomic E-state index is 0.0589. The molecule has 0 bridgehead atoms. The number of rotatable bonds is 6. The molecular weight excluding hydrogens is 653 g/mol. The maximum atomic E-state index is 2.50. The van der Waals surface area contributed by atoms with Gasteiger partial charge in [-0.25, -0.2) is 0 Å². The van der Waals surface area contributed by atoms with Gasteiger partial charge in [0, 0.05) is 33.5 Å². The van der Waals surface area contributed by atoms with Crippen molar-refractivity contribution in [1.82, 2.24) is 4.57 Å². The molecule has 4 aliphatic carbocycles. The number of para-hydroxylation sites is 1. The highest BCUT2D eigenvalue weighted by atomic mass is 15.1. The van der Waals surface area contributed by atoms with E-state index in [4.69, 9.17) is 0 Å². The highest BCUT2D eigenvalue weighted by molar-refractivity contribution is 6.11. The van der Waals surface area contributed by atoms with E-state index in [1.165, 1.54) is 83.5 Å². The van der Waals surface area contributed by atoms with Crippen molar-refractivity contribution >= 4 is 50.0 Å². The molecule has 6 aromatic rings. The second-order valence-corrected chi connectivity index (χ2v) is 16.2. The highest BCUT2D eigenvalue weighted by Crippen LogP contribution is 2.54. The Labute approximate surface area is 319 Å². The molecule has 1 aromatic heterocycles. The smallest absolute Gasteiger partial charge is 0.0541 e.